The fourth-order valence-electron chi connectivity index (χ4n) is 1.91. The van der Waals surface area contributed by atoms with Gasteiger partial charge in [-0.3, -0.25) is 14.5 Å². The van der Waals surface area contributed by atoms with Crippen LogP contribution in [0.15, 0.2) is 24.3 Å². The molecule has 0 heterocycles. The minimum atomic E-state index is -0.927. The van der Waals surface area contributed by atoms with E-state index in [1.165, 1.54) is 0 Å². The van der Waals surface area contributed by atoms with E-state index in [1.54, 1.807) is 43.1 Å². The Morgan fingerprint density at radius 1 is 1.25 bits per heavy atom. The number of amides is 2. The van der Waals surface area contributed by atoms with Gasteiger partial charge in [-0.1, -0.05) is 25.4 Å². The second-order valence-electron chi connectivity index (χ2n) is 6.24. The Labute approximate surface area is 147 Å². The Morgan fingerprint density at radius 2 is 1.79 bits per heavy atom. The van der Waals surface area contributed by atoms with Crippen molar-refractivity contribution in [1.29, 1.82) is 5.26 Å². The summed E-state index contributed by atoms with van der Waals surface area (Å²) in [6, 6.07) is 8.89. The van der Waals surface area contributed by atoms with E-state index in [0.717, 1.165) is 0 Å². The zero-order chi connectivity index (χ0) is 18.3. The third kappa shape index (κ3) is 6.19. The van der Waals surface area contributed by atoms with Gasteiger partial charge in [-0.25, -0.2) is 0 Å². The summed E-state index contributed by atoms with van der Waals surface area (Å²) in [7, 11) is 1.67. The van der Waals surface area contributed by atoms with Gasteiger partial charge < -0.3 is 10.6 Å². The van der Waals surface area contributed by atoms with Crippen LogP contribution >= 0.6 is 11.6 Å². The van der Waals surface area contributed by atoms with Crippen LogP contribution in [0.2, 0.25) is 5.02 Å². The van der Waals surface area contributed by atoms with E-state index >= 15 is 0 Å². The molecule has 2 amide bonds. The maximum absolute atomic E-state index is 12.1. The quantitative estimate of drug-likeness (QED) is 0.790. The van der Waals surface area contributed by atoms with Gasteiger partial charge in [0.15, 0.2) is 0 Å². The van der Waals surface area contributed by atoms with Crippen molar-refractivity contribution in [1.82, 2.24) is 10.2 Å². The van der Waals surface area contributed by atoms with Crippen molar-refractivity contribution >= 4 is 29.1 Å². The third-order valence-electron chi connectivity index (χ3n) is 3.74. The van der Waals surface area contributed by atoms with Gasteiger partial charge in [0.2, 0.25) is 11.8 Å². The van der Waals surface area contributed by atoms with E-state index in [2.05, 4.69) is 16.7 Å². The lowest BCUT2D eigenvalue weighted by molar-refractivity contribution is -0.124. The van der Waals surface area contributed by atoms with Crippen LogP contribution in [0.1, 0.15) is 20.8 Å². The van der Waals surface area contributed by atoms with Gasteiger partial charge in [-0.2, -0.15) is 5.26 Å². The number of hydrogen-bond donors (Lipinski definition) is 2. The Balaban J connectivity index is 2.49. The average molecular weight is 351 g/mol. The molecular formula is C17H23ClN4O2. The first-order valence-corrected chi connectivity index (χ1v) is 8.00. The number of nitriles is 1. The van der Waals surface area contributed by atoms with E-state index in [4.69, 9.17) is 11.6 Å². The summed E-state index contributed by atoms with van der Waals surface area (Å²) < 4.78 is 0. The lowest BCUT2D eigenvalue weighted by Crippen LogP contribution is -2.51. The molecule has 0 aliphatic rings. The van der Waals surface area contributed by atoms with Crippen molar-refractivity contribution in [2.75, 3.05) is 25.5 Å². The molecule has 0 saturated carbocycles. The van der Waals surface area contributed by atoms with Crippen LogP contribution in [0.25, 0.3) is 0 Å². The molecule has 0 spiro atoms. The molecule has 7 heteroatoms. The second kappa shape index (κ2) is 8.67. The highest BCUT2D eigenvalue weighted by atomic mass is 35.5. The van der Waals surface area contributed by atoms with Gasteiger partial charge in [0, 0.05) is 10.7 Å². The topological polar surface area (TPSA) is 85.2 Å². The van der Waals surface area contributed by atoms with Gasteiger partial charge in [-0.15, -0.1) is 0 Å². The first-order chi connectivity index (χ1) is 11.2. The predicted octanol–water partition coefficient (Wildman–Crippen LogP) is 2.26. The molecule has 1 atom stereocenters. The van der Waals surface area contributed by atoms with E-state index in [0.29, 0.717) is 10.7 Å². The predicted molar refractivity (Wildman–Crippen MR) is 94.6 cm³/mol. The summed E-state index contributed by atoms with van der Waals surface area (Å²) in [4.78, 5) is 25.6. The largest absolute Gasteiger partial charge is 0.337 e. The molecule has 0 aliphatic carbocycles. The number of anilines is 1. The highest BCUT2D eigenvalue weighted by molar-refractivity contribution is 6.30. The maximum atomic E-state index is 12.1. The van der Waals surface area contributed by atoms with Crippen molar-refractivity contribution in [3.05, 3.63) is 29.3 Å². The van der Waals surface area contributed by atoms with E-state index < -0.39 is 5.54 Å². The zero-order valence-corrected chi connectivity index (χ0v) is 15.1. The molecule has 6 nitrogen and oxygen atoms in total. The van der Waals surface area contributed by atoms with Gasteiger partial charge in [0.1, 0.15) is 5.54 Å². The van der Waals surface area contributed by atoms with Crippen LogP contribution in [-0.2, 0) is 9.59 Å². The number of carbonyl (C=O) groups is 2. The van der Waals surface area contributed by atoms with E-state index in [1.807, 2.05) is 13.8 Å². The first kappa shape index (κ1) is 19.9. The molecule has 0 bridgehead atoms. The van der Waals surface area contributed by atoms with Gasteiger partial charge in [0.25, 0.3) is 0 Å². The molecule has 0 aliphatic heterocycles. The van der Waals surface area contributed by atoms with Gasteiger partial charge in [-0.05, 0) is 44.2 Å². The minimum Gasteiger partial charge on any atom is -0.337 e. The summed E-state index contributed by atoms with van der Waals surface area (Å²) >= 11 is 5.79. The Morgan fingerprint density at radius 3 is 2.29 bits per heavy atom. The normalized spacial score (nSPS) is 13.2. The molecule has 1 rings (SSSR count). The van der Waals surface area contributed by atoms with Crippen LogP contribution < -0.4 is 10.6 Å². The maximum Gasteiger partial charge on any atom is 0.238 e. The minimum absolute atomic E-state index is 0.0232. The molecule has 0 radical (unpaired) electrons. The summed E-state index contributed by atoms with van der Waals surface area (Å²) in [5.41, 5.74) is -0.289. The van der Waals surface area contributed by atoms with Crippen LogP contribution in [0.3, 0.4) is 0 Å². The number of likely N-dealkylation sites (N-methyl/N-ethyl adjacent to an activating group) is 1. The molecule has 0 unspecified atom stereocenters. The molecule has 0 saturated heterocycles. The molecule has 0 aromatic heterocycles. The number of carbonyl (C=O) groups excluding carboxylic acids is 2. The van der Waals surface area contributed by atoms with Crippen molar-refractivity contribution in [2.45, 2.75) is 26.3 Å². The summed E-state index contributed by atoms with van der Waals surface area (Å²) in [5.74, 6) is -0.556. The highest BCUT2D eigenvalue weighted by Gasteiger charge is 2.30. The highest BCUT2D eigenvalue weighted by Crippen LogP contribution is 2.15. The van der Waals surface area contributed by atoms with Gasteiger partial charge >= 0.3 is 0 Å². The van der Waals surface area contributed by atoms with Crippen molar-refractivity contribution in [3.63, 3.8) is 0 Å². The molecule has 24 heavy (non-hydrogen) atoms. The van der Waals surface area contributed by atoms with Crippen molar-refractivity contribution in [2.24, 2.45) is 5.92 Å². The van der Waals surface area contributed by atoms with Crippen LogP contribution in [0, 0.1) is 17.2 Å². The number of nitrogens with zero attached hydrogens (tertiary/aromatic N) is 2. The molecule has 1 aromatic rings. The average Bonchev–Trinajstić information content (AvgIpc) is 2.48. The Hall–Kier alpha value is -2.10. The molecule has 2 N–H and O–H groups in total. The Kier molecular flexibility index (Phi) is 7.20. The molecule has 1 aromatic carbocycles. The molecular weight excluding hydrogens is 328 g/mol. The number of benzene rings is 1. The van der Waals surface area contributed by atoms with Crippen LogP contribution in [-0.4, -0.2) is 42.4 Å². The smallest absolute Gasteiger partial charge is 0.238 e. The number of hydrogen-bond acceptors (Lipinski definition) is 4. The SMILES string of the molecule is CC(C)[C@](C)(C#N)NC(=O)CN(C)CC(=O)Nc1ccc(Cl)cc1. The Bertz CT molecular complexity index is 624. The third-order valence-corrected chi connectivity index (χ3v) is 3.99. The monoisotopic (exact) mass is 350 g/mol. The fourth-order valence-corrected chi connectivity index (χ4v) is 2.04. The standard InChI is InChI=1S/C17H23ClN4O2/c1-12(2)17(3,11-19)21-16(24)10-22(4)9-15(23)20-14-7-5-13(18)6-8-14/h5-8,12H,9-10H2,1-4H3,(H,20,23)(H,21,24)/t17-/m0/s1. The lowest BCUT2D eigenvalue weighted by Gasteiger charge is -2.28. The summed E-state index contributed by atoms with van der Waals surface area (Å²) in [6.45, 7) is 5.50. The number of rotatable bonds is 7. The molecule has 0 fully saturated rings. The van der Waals surface area contributed by atoms with Crippen molar-refractivity contribution in [3.8, 4) is 6.07 Å². The number of halogens is 1. The van der Waals surface area contributed by atoms with E-state index in [-0.39, 0.29) is 30.8 Å². The van der Waals surface area contributed by atoms with E-state index in [9.17, 15) is 14.9 Å². The summed E-state index contributed by atoms with van der Waals surface area (Å²) in [5, 5.41) is 15.2. The lowest BCUT2D eigenvalue weighted by atomic mass is 9.90. The van der Waals surface area contributed by atoms with Crippen molar-refractivity contribution < 1.29 is 9.59 Å². The van der Waals surface area contributed by atoms with Crippen LogP contribution in [0.5, 0.6) is 0 Å². The molecule has 130 valence electrons. The van der Waals surface area contributed by atoms with Crippen LogP contribution in [0.4, 0.5) is 5.69 Å². The fraction of sp³-hybridized carbons (Fsp3) is 0.471. The number of nitrogens with one attached hydrogen (secondary N) is 2. The first-order valence-electron chi connectivity index (χ1n) is 7.62. The second-order valence-corrected chi connectivity index (χ2v) is 6.68. The van der Waals surface area contributed by atoms with Gasteiger partial charge in [0.05, 0.1) is 19.2 Å². The zero-order valence-electron chi connectivity index (χ0n) is 14.4. The summed E-state index contributed by atoms with van der Waals surface area (Å²) in [6.07, 6.45) is 0.